The van der Waals surface area contributed by atoms with Gasteiger partial charge < -0.3 is 14.9 Å². The molecule has 5 heteroatoms. The van der Waals surface area contributed by atoms with E-state index >= 15 is 0 Å². The number of hydrogen-bond donors (Lipinski definition) is 2. The van der Waals surface area contributed by atoms with Crippen LogP contribution in [0.25, 0.3) is 0 Å². The van der Waals surface area contributed by atoms with Gasteiger partial charge in [0, 0.05) is 24.6 Å². The summed E-state index contributed by atoms with van der Waals surface area (Å²) in [6.45, 7) is 0.486. The Labute approximate surface area is 100 Å². The number of hydrogen-bond acceptors (Lipinski definition) is 3. The maximum absolute atomic E-state index is 11.7. The summed E-state index contributed by atoms with van der Waals surface area (Å²) in [7, 11) is -1.53. The zero-order chi connectivity index (χ0) is 12.4. The highest BCUT2D eigenvalue weighted by Gasteiger charge is 2.29. The second kappa shape index (κ2) is 4.62. The summed E-state index contributed by atoms with van der Waals surface area (Å²) in [5.74, 6) is 2.48. The maximum atomic E-state index is 11.7. The van der Waals surface area contributed by atoms with Crippen molar-refractivity contribution in [3.8, 4) is 12.3 Å². The Kier molecular flexibility index (Phi) is 3.18. The number of rotatable bonds is 2. The summed E-state index contributed by atoms with van der Waals surface area (Å²) in [5, 5.41) is 18.1. The molecule has 1 fully saturated rings. The highest BCUT2D eigenvalue weighted by molar-refractivity contribution is 6.58. The highest BCUT2D eigenvalue weighted by Crippen LogP contribution is 2.23. The van der Waals surface area contributed by atoms with Gasteiger partial charge in [0.25, 0.3) is 0 Å². The number of carbonyl (C=O) groups excluding carboxylic acids is 1. The SMILES string of the molecule is C#CC1CC(=O)N(c2cccc(B(O)O)c2)C1. The molecule has 1 saturated heterocycles. The van der Waals surface area contributed by atoms with Crippen LogP contribution < -0.4 is 10.4 Å². The molecule has 0 bridgehead atoms. The van der Waals surface area contributed by atoms with Gasteiger partial charge in [0.15, 0.2) is 0 Å². The van der Waals surface area contributed by atoms with Crippen LogP contribution in [0.3, 0.4) is 0 Å². The molecule has 0 aliphatic carbocycles. The minimum absolute atomic E-state index is 0.0301. The van der Waals surface area contributed by atoms with Crippen molar-refractivity contribution < 1.29 is 14.8 Å². The van der Waals surface area contributed by atoms with Crippen LogP contribution in [0.1, 0.15) is 6.42 Å². The van der Waals surface area contributed by atoms with Gasteiger partial charge in [-0.2, -0.15) is 0 Å². The molecular formula is C12H12BNO3. The van der Waals surface area contributed by atoms with Crippen molar-refractivity contribution in [1.29, 1.82) is 0 Å². The molecule has 0 spiro atoms. The summed E-state index contributed by atoms with van der Waals surface area (Å²) < 4.78 is 0. The van der Waals surface area contributed by atoms with Gasteiger partial charge in [-0.05, 0) is 17.6 Å². The van der Waals surface area contributed by atoms with Crippen LogP contribution in [0.4, 0.5) is 5.69 Å². The molecule has 1 aliphatic heterocycles. The molecule has 0 radical (unpaired) electrons. The second-order valence-corrected chi connectivity index (χ2v) is 4.04. The third-order valence-electron chi connectivity index (χ3n) is 2.84. The molecule has 1 aromatic rings. The lowest BCUT2D eigenvalue weighted by Gasteiger charge is -2.16. The van der Waals surface area contributed by atoms with Crippen molar-refractivity contribution in [2.45, 2.75) is 6.42 Å². The van der Waals surface area contributed by atoms with Gasteiger partial charge in [0.1, 0.15) is 0 Å². The van der Waals surface area contributed by atoms with Crippen molar-refractivity contribution in [3.63, 3.8) is 0 Å². The van der Waals surface area contributed by atoms with Gasteiger partial charge in [-0.1, -0.05) is 12.1 Å². The van der Waals surface area contributed by atoms with Crippen molar-refractivity contribution in [3.05, 3.63) is 24.3 Å². The van der Waals surface area contributed by atoms with Crippen LogP contribution in [0.15, 0.2) is 24.3 Å². The van der Waals surface area contributed by atoms with Gasteiger partial charge >= 0.3 is 7.12 Å². The van der Waals surface area contributed by atoms with Gasteiger partial charge in [-0.15, -0.1) is 12.3 Å². The van der Waals surface area contributed by atoms with Crippen molar-refractivity contribution in [2.24, 2.45) is 5.92 Å². The predicted octanol–water partition coefficient (Wildman–Crippen LogP) is -0.648. The molecule has 4 nitrogen and oxygen atoms in total. The van der Waals surface area contributed by atoms with Crippen molar-refractivity contribution >= 4 is 24.2 Å². The predicted molar refractivity (Wildman–Crippen MR) is 65.6 cm³/mol. The molecule has 1 amide bonds. The fourth-order valence-electron chi connectivity index (χ4n) is 1.92. The number of carbonyl (C=O) groups is 1. The molecule has 1 unspecified atom stereocenters. The van der Waals surface area contributed by atoms with Crippen LogP contribution in [0.2, 0.25) is 0 Å². The molecule has 1 heterocycles. The minimum atomic E-state index is -1.53. The van der Waals surface area contributed by atoms with Crippen LogP contribution in [-0.2, 0) is 4.79 Å². The summed E-state index contributed by atoms with van der Waals surface area (Å²) in [6, 6.07) is 6.61. The van der Waals surface area contributed by atoms with E-state index in [4.69, 9.17) is 16.5 Å². The molecule has 17 heavy (non-hydrogen) atoms. The molecule has 86 valence electrons. The molecule has 1 aromatic carbocycles. The Balaban J connectivity index is 2.26. The molecule has 2 N–H and O–H groups in total. The Morgan fingerprint density at radius 1 is 1.47 bits per heavy atom. The van der Waals surface area contributed by atoms with Crippen LogP contribution in [0.5, 0.6) is 0 Å². The molecule has 0 saturated carbocycles. The summed E-state index contributed by atoms with van der Waals surface area (Å²) in [4.78, 5) is 13.3. The standard InChI is InChI=1S/C12H12BNO3/c1-2-9-6-12(15)14(8-9)11-5-3-4-10(7-11)13(16)17/h1,3-5,7,9,16-17H,6,8H2. The lowest BCUT2D eigenvalue weighted by atomic mass is 9.80. The Morgan fingerprint density at radius 3 is 2.82 bits per heavy atom. The zero-order valence-electron chi connectivity index (χ0n) is 9.21. The first-order chi connectivity index (χ1) is 8.11. The van der Waals surface area contributed by atoms with E-state index in [0.717, 1.165) is 0 Å². The monoisotopic (exact) mass is 229 g/mol. The van der Waals surface area contributed by atoms with E-state index in [-0.39, 0.29) is 11.8 Å². The fourth-order valence-corrected chi connectivity index (χ4v) is 1.92. The van der Waals surface area contributed by atoms with E-state index in [1.165, 1.54) is 0 Å². The summed E-state index contributed by atoms with van der Waals surface area (Å²) in [6.07, 6.45) is 5.66. The molecular weight excluding hydrogens is 217 g/mol. The summed E-state index contributed by atoms with van der Waals surface area (Å²) in [5.41, 5.74) is 1.01. The summed E-state index contributed by atoms with van der Waals surface area (Å²) >= 11 is 0. The third-order valence-corrected chi connectivity index (χ3v) is 2.84. The molecule has 1 aliphatic rings. The Hall–Kier alpha value is -1.77. The first kappa shape index (κ1) is 11.7. The van der Waals surface area contributed by atoms with E-state index in [9.17, 15) is 4.79 Å². The third kappa shape index (κ3) is 2.33. The lowest BCUT2D eigenvalue weighted by Crippen LogP contribution is -2.32. The molecule has 1 atom stereocenters. The number of amides is 1. The fraction of sp³-hybridized carbons (Fsp3) is 0.250. The van der Waals surface area contributed by atoms with Gasteiger partial charge in [0.05, 0.1) is 0 Å². The quantitative estimate of drug-likeness (QED) is 0.523. The average molecular weight is 229 g/mol. The Bertz CT molecular complexity index is 481. The largest absolute Gasteiger partial charge is 0.488 e. The van der Waals surface area contributed by atoms with E-state index in [0.29, 0.717) is 24.1 Å². The van der Waals surface area contributed by atoms with Gasteiger partial charge in [-0.25, -0.2) is 0 Å². The number of terminal acetylenes is 1. The second-order valence-electron chi connectivity index (χ2n) is 4.04. The number of benzene rings is 1. The van der Waals surface area contributed by atoms with Crippen LogP contribution in [0, 0.1) is 18.3 Å². The molecule has 2 rings (SSSR count). The van der Waals surface area contributed by atoms with E-state index in [1.54, 1.807) is 29.2 Å². The first-order valence-electron chi connectivity index (χ1n) is 5.34. The highest BCUT2D eigenvalue weighted by atomic mass is 16.4. The van der Waals surface area contributed by atoms with Crippen LogP contribution >= 0.6 is 0 Å². The Morgan fingerprint density at radius 2 is 2.24 bits per heavy atom. The van der Waals surface area contributed by atoms with Crippen LogP contribution in [-0.4, -0.2) is 29.6 Å². The maximum Gasteiger partial charge on any atom is 0.488 e. The van der Waals surface area contributed by atoms with Gasteiger partial charge in [-0.3, -0.25) is 4.79 Å². The van der Waals surface area contributed by atoms with Crippen molar-refractivity contribution in [2.75, 3.05) is 11.4 Å². The van der Waals surface area contributed by atoms with Gasteiger partial charge in [0.2, 0.25) is 5.91 Å². The topological polar surface area (TPSA) is 60.8 Å². The van der Waals surface area contributed by atoms with E-state index < -0.39 is 7.12 Å². The number of nitrogens with zero attached hydrogens (tertiary/aromatic N) is 1. The average Bonchev–Trinajstić information content (AvgIpc) is 2.71. The number of anilines is 1. The zero-order valence-corrected chi connectivity index (χ0v) is 9.21. The molecule has 0 aromatic heterocycles. The lowest BCUT2D eigenvalue weighted by molar-refractivity contribution is -0.117. The van der Waals surface area contributed by atoms with E-state index in [1.807, 2.05) is 0 Å². The normalized spacial score (nSPS) is 19.2. The van der Waals surface area contributed by atoms with E-state index in [2.05, 4.69) is 5.92 Å². The van der Waals surface area contributed by atoms with Crippen molar-refractivity contribution in [1.82, 2.24) is 0 Å². The minimum Gasteiger partial charge on any atom is -0.423 e. The first-order valence-corrected chi connectivity index (χ1v) is 5.34. The smallest absolute Gasteiger partial charge is 0.423 e.